The van der Waals surface area contributed by atoms with E-state index in [4.69, 9.17) is 0 Å². The lowest BCUT2D eigenvalue weighted by atomic mass is 10.3. The van der Waals surface area contributed by atoms with Gasteiger partial charge >= 0.3 is 0 Å². The Morgan fingerprint density at radius 2 is 2.11 bits per heavy atom. The molecule has 2 aromatic rings. The lowest BCUT2D eigenvalue weighted by molar-refractivity contribution is 0.663. The third-order valence-corrected chi connectivity index (χ3v) is 3.50. The molecule has 0 amide bonds. The molecular weight excluding hydrogens is 372 g/mol. The summed E-state index contributed by atoms with van der Waals surface area (Å²) in [6.45, 7) is 3.87. The van der Waals surface area contributed by atoms with Gasteiger partial charge in [0.15, 0.2) is 5.82 Å². The number of nitrogens with zero attached hydrogens (tertiary/aromatic N) is 3. The lowest BCUT2D eigenvalue weighted by Gasteiger charge is -2.06. The number of nitrogens with one attached hydrogen (secondary N) is 1. The van der Waals surface area contributed by atoms with Crippen molar-refractivity contribution in [3.63, 3.8) is 0 Å². The molecule has 2 rings (SSSR count). The average molecular weight is 386 g/mol. The lowest BCUT2D eigenvalue weighted by Crippen LogP contribution is -2.15. The minimum Gasteiger partial charge on any atom is -0.311 e. The number of hydrogen-bond acceptors (Lipinski definition) is 4. The molecule has 0 aliphatic rings. The first-order chi connectivity index (χ1) is 9.20. The van der Waals surface area contributed by atoms with Crippen molar-refractivity contribution in [2.24, 2.45) is 0 Å². The molecule has 1 N–H and O–H groups in total. The summed E-state index contributed by atoms with van der Waals surface area (Å²) >= 11 is 6.87. The minimum atomic E-state index is 0.634. The van der Waals surface area contributed by atoms with Gasteiger partial charge in [0, 0.05) is 27.9 Å². The number of hydrogen-bond donors (Lipinski definition) is 1. The molecule has 4 nitrogen and oxygen atoms in total. The van der Waals surface area contributed by atoms with Crippen LogP contribution in [0.3, 0.4) is 0 Å². The van der Waals surface area contributed by atoms with E-state index in [2.05, 4.69) is 59.1 Å². The first kappa shape index (κ1) is 14.6. The van der Waals surface area contributed by atoms with E-state index in [9.17, 15) is 0 Å². The largest absolute Gasteiger partial charge is 0.311 e. The maximum absolute atomic E-state index is 4.52. The van der Waals surface area contributed by atoms with Gasteiger partial charge in [-0.3, -0.25) is 4.98 Å². The van der Waals surface area contributed by atoms with E-state index in [1.165, 1.54) is 0 Å². The normalized spacial score (nSPS) is 10.7. The quantitative estimate of drug-likeness (QED) is 0.799. The Bertz CT molecular complexity index is 560. The Kier molecular flexibility index (Phi) is 5.42. The van der Waals surface area contributed by atoms with Gasteiger partial charge in [-0.1, -0.05) is 6.92 Å². The molecule has 100 valence electrons. The molecule has 0 aliphatic heterocycles. The van der Waals surface area contributed by atoms with E-state index >= 15 is 0 Å². The zero-order valence-corrected chi connectivity index (χ0v) is 13.7. The second-order valence-corrected chi connectivity index (χ2v) is 5.80. The van der Waals surface area contributed by atoms with E-state index in [0.717, 1.165) is 39.8 Å². The predicted molar refractivity (Wildman–Crippen MR) is 82.7 cm³/mol. The standard InChI is InChI=1S/C13H14Br2N4/c1-2-4-16-8-10-3-5-17-13(19-10)12-11(15)6-9(14)7-18-12/h3,5-7,16H,2,4,8H2,1H3. The van der Waals surface area contributed by atoms with Crippen molar-refractivity contribution in [2.45, 2.75) is 19.9 Å². The van der Waals surface area contributed by atoms with E-state index in [-0.39, 0.29) is 0 Å². The molecule has 0 aliphatic carbocycles. The van der Waals surface area contributed by atoms with Crippen LogP contribution in [0.4, 0.5) is 0 Å². The minimum absolute atomic E-state index is 0.634. The van der Waals surface area contributed by atoms with Crippen LogP contribution in [0.25, 0.3) is 11.5 Å². The summed E-state index contributed by atoms with van der Waals surface area (Å²) in [6.07, 6.45) is 4.62. The predicted octanol–water partition coefficient (Wildman–Crippen LogP) is 3.56. The topological polar surface area (TPSA) is 50.7 Å². The summed E-state index contributed by atoms with van der Waals surface area (Å²) in [5.74, 6) is 0.634. The summed E-state index contributed by atoms with van der Waals surface area (Å²) in [4.78, 5) is 13.2. The summed E-state index contributed by atoms with van der Waals surface area (Å²) in [5.41, 5.74) is 1.72. The van der Waals surface area contributed by atoms with Gasteiger partial charge in [0.25, 0.3) is 0 Å². The average Bonchev–Trinajstić information content (AvgIpc) is 2.39. The summed E-state index contributed by atoms with van der Waals surface area (Å²) in [7, 11) is 0. The van der Waals surface area contributed by atoms with Gasteiger partial charge in [0.1, 0.15) is 5.69 Å². The number of halogens is 2. The highest BCUT2D eigenvalue weighted by atomic mass is 79.9. The summed E-state index contributed by atoms with van der Waals surface area (Å²) in [6, 6.07) is 3.85. The van der Waals surface area contributed by atoms with Crippen molar-refractivity contribution in [1.29, 1.82) is 0 Å². The SMILES string of the molecule is CCCNCc1ccnc(-c2ncc(Br)cc2Br)n1. The van der Waals surface area contributed by atoms with E-state index in [0.29, 0.717) is 5.82 Å². The van der Waals surface area contributed by atoms with Crippen LogP contribution < -0.4 is 5.32 Å². The van der Waals surface area contributed by atoms with Gasteiger partial charge in [-0.15, -0.1) is 0 Å². The monoisotopic (exact) mass is 384 g/mol. The molecule has 2 heterocycles. The van der Waals surface area contributed by atoms with Crippen LogP contribution in [0.5, 0.6) is 0 Å². The molecule has 6 heteroatoms. The third kappa shape index (κ3) is 4.06. The first-order valence-corrected chi connectivity index (χ1v) is 7.63. The number of pyridine rings is 1. The van der Waals surface area contributed by atoms with Crippen LogP contribution >= 0.6 is 31.9 Å². The van der Waals surface area contributed by atoms with Crippen molar-refractivity contribution < 1.29 is 0 Å². The van der Waals surface area contributed by atoms with Gasteiger partial charge in [-0.05, 0) is 57.0 Å². The third-order valence-electron chi connectivity index (χ3n) is 2.47. The number of rotatable bonds is 5. The van der Waals surface area contributed by atoms with Gasteiger partial charge < -0.3 is 5.32 Å². The highest BCUT2D eigenvalue weighted by Gasteiger charge is 2.09. The fourth-order valence-electron chi connectivity index (χ4n) is 1.58. The molecular formula is C13H14Br2N4. The Balaban J connectivity index is 2.22. The fraction of sp³-hybridized carbons (Fsp3) is 0.308. The molecule has 0 bridgehead atoms. The van der Waals surface area contributed by atoms with Crippen LogP contribution in [-0.2, 0) is 6.54 Å². The Morgan fingerprint density at radius 3 is 2.84 bits per heavy atom. The fourth-order valence-corrected chi connectivity index (χ4v) is 2.75. The molecule has 0 atom stereocenters. The van der Waals surface area contributed by atoms with Crippen LogP contribution in [0.15, 0.2) is 33.5 Å². The van der Waals surface area contributed by atoms with Crippen molar-refractivity contribution in [3.05, 3.63) is 39.2 Å². The van der Waals surface area contributed by atoms with Gasteiger partial charge in [-0.2, -0.15) is 0 Å². The summed E-state index contributed by atoms with van der Waals surface area (Å²) in [5, 5.41) is 3.32. The number of aromatic nitrogens is 3. The van der Waals surface area contributed by atoms with Gasteiger partial charge in [0.05, 0.1) is 5.69 Å². The van der Waals surface area contributed by atoms with E-state index in [1.54, 1.807) is 12.4 Å². The van der Waals surface area contributed by atoms with Crippen LogP contribution in [0.1, 0.15) is 19.0 Å². The Labute approximate surface area is 129 Å². The van der Waals surface area contributed by atoms with Crippen molar-refractivity contribution in [1.82, 2.24) is 20.3 Å². The summed E-state index contributed by atoms with van der Waals surface area (Å²) < 4.78 is 1.80. The Hall–Kier alpha value is -0.850. The van der Waals surface area contributed by atoms with Gasteiger partial charge in [0.2, 0.25) is 0 Å². The molecule has 0 saturated heterocycles. The molecule has 0 saturated carbocycles. The van der Waals surface area contributed by atoms with Crippen molar-refractivity contribution in [3.8, 4) is 11.5 Å². The molecule has 0 aromatic carbocycles. The maximum atomic E-state index is 4.52. The van der Waals surface area contributed by atoms with Crippen LogP contribution in [0, 0.1) is 0 Å². The maximum Gasteiger partial charge on any atom is 0.179 e. The smallest absolute Gasteiger partial charge is 0.179 e. The zero-order chi connectivity index (χ0) is 13.7. The van der Waals surface area contributed by atoms with E-state index in [1.807, 2.05) is 12.1 Å². The van der Waals surface area contributed by atoms with E-state index < -0.39 is 0 Å². The molecule has 2 aromatic heterocycles. The highest BCUT2D eigenvalue weighted by Crippen LogP contribution is 2.25. The molecule has 0 fully saturated rings. The molecule has 0 spiro atoms. The van der Waals surface area contributed by atoms with Crippen LogP contribution in [-0.4, -0.2) is 21.5 Å². The molecule has 19 heavy (non-hydrogen) atoms. The second-order valence-electron chi connectivity index (χ2n) is 4.03. The second kappa shape index (κ2) is 7.07. The van der Waals surface area contributed by atoms with Crippen molar-refractivity contribution >= 4 is 31.9 Å². The molecule has 0 unspecified atom stereocenters. The van der Waals surface area contributed by atoms with Crippen molar-refractivity contribution in [2.75, 3.05) is 6.54 Å². The van der Waals surface area contributed by atoms with Crippen LogP contribution in [0.2, 0.25) is 0 Å². The zero-order valence-electron chi connectivity index (χ0n) is 10.5. The van der Waals surface area contributed by atoms with Gasteiger partial charge in [-0.25, -0.2) is 9.97 Å². The highest BCUT2D eigenvalue weighted by molar-refractivity contribution is 9.11. The Morgan fingerprint density at radius 1 is 1.26 bits per heavy atom. The molecule has 0 radical (unpaired) electrons. The first-order valence-electron chi connectivity index (χ1n) is 6.04.